The summed E-state index contributed by atoms with van der Waals surface area (Å²) in [6, 6.07) is 16.5. The second-order valence-corrected chi connectivity index (χ2v) is 11.6. The number of fused-ring (bicyclic) bond motifs is 1. The van der Waals surface area contributed by atoms with E-state index in [4.69, 9.17) is 4.74 Å². The van der Waals surface area contributed by atoms with Crippen molar-refractivity contribution in [2.24, 2.45) is 11.8 Å². The van der Waals surface area contributed by atoms with Crippen LogP contribution in [0.5, 0.6) is 0 Å². The van der Waals surface area contributed by atoms with Crippen molar-refractivity contribution in [3.63, 3.8) is 0 Å². The molecule has 3 N–H and O–H groups in total. The van der Waals surface area contributed by atoms with Crippen LogP contribution in [0.1, 0.15) is 52.0 Å². The second-order valence-electron chi connectivity index (χ2n) is 11.6. The Morgan fingerprint density at radius 1 is 1.02 bits per heavy atom. The van der Waals surface area contributed by atoms with Crippen molar-refractivity contribution in [1.82, 2.24) is 10.2 Å². The molecule has 0 aromatic heterocycles. The zero-order valence-corrected chi connectivity index (χ0v) is 24.3. The molecule has 5 rings (SSSR count). The van der Waals surface area contributed by atoms with E-state index in [1.165, 1.54) is 0 Å². The molecule has 220 valence electrons. The maximum Gasteiger partial charge on any atom is 0.250 e. The fourth-order valence-corrected chi connectivity index (χ4v) is 7.21. The normalized spacial score (nSPS) is 28.0. The van der Waals surface area contributed by atoms with E-state index in [0.717, 1.165) is 24.3 Å². The average Bonchev–Trinajstić information content (AvgIpc) is 3.54. The van der Waals surface area contributed by atoms with Crippen molar-refractivity contribution < 1.29 is 24.2 Å². The van der Waals surface area contributed by atoms with Crippen LogP contribution in [0.25, 0.3) is 0 Å². The molecule has 5 atom stereocenters. The zero-order chi connectivity index (χ0) is 29.2. The number of likely N-dealkylation sites (tertiary alicyclic amines) is 1. The van der Waals surface area contributed by atoms with Gasteiger partial charge in [-0.2, -0.15) is 0 Å². The van der Waals surface area contributed by atoms with Crippen molar-refractivity contribution >= 4 is 29.1 Å². The first kappa shape index (κ1) is 29.1. The molecule has 9 heteroatoms. The lowest BCUT2D eigenvalue weighted by atomic mass is 9.66. The number of nitrogens with zero attached hydrogens (tertiary/aromatic N) is 2. The summed E-state index contributed by atoms with van der Waals surface area (Å²) in [6.45, 7) is 8.54. The van der Waals surface area contributed by atoms with Crippen LogP contribution in [0.4, 0.5) is 11.4 Å². The fraction of sp³-hybridized carbons (Fsp3) is 0.531. The number of rotatable bonds is 12. The average molecular weight is 563 g/mol. The van der Waals surface area contributed by atoms with Crippen LogP contribution in [0, 0.1) is 11.8 Å². The van der Waals surface area contributed by atoms with Gasteiger partial charge in [-0.15, -0.1) is 0 Å². The van der Waals surface area contributed by atoms with E-state index in [2.05, 4.69) is 29.4 Å². The molecule has 9 nitrogen and oxygen atoms in total. The fourth-order valence-electron chi connectivity index (χ4n) is 7.21. The Bertz CT molecular complexity index is 1250. The summed E-state index contributed by atoms with van der Waals surface area (Å²) in [4.78, 5) is 45.6. The largest absolute Gasteiger partial charge is 0.396 e. The van der Waals surface area contributed by atoms with Crippen LogP contribution < -0.4 is 15.5 Å². The SMILES string of the molecule is CCN(CC)c1ccc(NC(=O)C2N(CCCCO)C(=O)[C@@H]3[C@H](C(=O)NCc4ccccc4)[C@]4(C)CCC23O4)cc1. The van der Waals surface area contributed by atoms with Crippen LogP contribution in [0.2, 0.25) is 0 Å². The van der Waals surface area contributed by atoms with Gasteiger partial charge in [0.2, 0.25) is 17.7 Å². The van der Waals surface area contributed by atoms with E-state index in [9.17, 15) is 19.5 Å². The predicted molar refractivity (Wildman–Crippen MR) is 157 cm³/mol. The highest BCUT2D eigenvalue weighted by molar-refractivity contribution is 6.03. The van der Waals surface area contributed by atoms with E-state index in [0.29, 0.717) is 44.5 Å². The van der Waals surface area contributed by atoms with Crippen LogP contribution in [0.15, 0.2) is 54.6 Å². The second kappa shape index (κ2) is 11.8. The zero-order valence-electron chi connectivity index (χ0n) is 24.3. The van der Waals surface area contributed by atoms with Gasteiger partial charge in [0.25, 0.3) is 0 Å². The van der Waals surface area contributed by atoms with E-state index >= 15 is 0 Å². The number of aliphatic hydroxyl groups is 1. The molecule has 3 aliphatic rings. The molecular formula is C32H42N4O5. The summed E-state index contributed by atoms with van der Waals surface area (Å²) in [5.41, 5.74) is 0.776. The molecule has 2 aromatic rings. The Hall–Kier alpha value is -3.43. The molecule has 3 amide bonds. The summed E-state index contributed by atoms with van der Waals surface area (Å²) in [5, 5.41) is 15.4. The molecule has 0 saturated carbocycles. The van der Waals surface area contributed by atoms with Gasteiger partial charge in [0, 0.05) is 44.2 Å². The van der Waals surface area contributed by atoms with Gasteiger partial charge in [0.1, 0.15) is 11.6 Å². The van der Waals surface area contributed by atoms with Crippen molar-refractivity contribution in [3.05, 3.63) is 60.2 Å². The van der Waals surface area contributed by atoms with Crippen molar-refractivity contribution in [2.75, 3.05) is 36.5 Å². The smallest absolute Gasteiger partial charge is 0.250 e. The Labute approximate surface area is 242 Å². The summed E-state index contributed by atoms with van der Waals surface area (Å²) in [5.74, 6) is -2.19. The van der Waals surface area contributed by atoms with E-state index in [-0.39, 0.29) is 24.3 Å². The summed E-state index contributed by atoms with van der Waals surface area (Å²) in [7, 11) is 0. The maximum absolute atomic E-state index is 14.1. The molecule has 2 aromatic carbocycles. The third kappa shape index (κ3) is 5.21. The monoisotopic (exact) mass is 562 g/mol. The van der Waals surface area contributed by atoms with Crippen LogP contribution in [-0.4, -0.2) is 71.2 Å². The number of benzene rings is 2. The topological polar surface area (TPSA) is 111 Å². The van der Waals surface area contributed by atoms with Crippen LogP contribution >= 0.6 is 0 Å². The highest BCUT2D eigenvalue weighted by Gasteiger charge is 2.77. The van der Waals surface area contributed by atoms with Crippen molar-refractivity contribution in [1.29, 1.82) is 0 Å². The third-order valence-corrected chi connectivity index (χ3v) is 9.19. The lowest BCUT2D eigenvalue weighted by molar-refractivity contribution is -0.144. The van der Waals surface area contributed by atoms with Gasteiger partial charge in [-0.25, -0.2) is 0 Å². The minimum absolute atomic E-state index is 0.00540. The van der Waals surface area contributed by atoms with Crippen molar-refractivity contribution in [3.8, 4) is 0 Å². The first-order chi connectivity index (χ1) is 19.8. The standard InChI is InChI=1S/C32H42N4O5/c1-4-35(5-2)24-15-13-23(14-16-24)34-29(39)27-32-18-17-31(3,41-32)25(26(32)30(40)36(27)19-9-10-20-37)28(38)33-21-22-11-7-6-8-12-22/h6-8,11-16,25-27,37H,4-5,9-10,17-21H2,1-3H3,(H,33,38)(H,34,39)/t25-,26+,27?,31+,32?/m1/s1. The van der Waals surface area contributed by atoms with Gasteiger partial charge in [0.05, 0.1) is 17.4 Å². The number of ether oxygens (including phenoxy) is 1. The number of amides is 3. The van der Waals surface area contributed by atoms with Crippen molar-refractivity contribution in [2.45, 2.75) is 70.2 Å². The molecule has 0 radical (unpaired) electrons. The molecule has 3 fully saturated rings. The molecule has 1 spiro atoms. The number of anilines is 2. The minimum atomic E-state index is -1.08. The Morgan fingerprint density at radius 3 is 2.39 bits per heavy atom. The molecule has 3 aliphatic heterocycles. The summed E-state index contributed by atoms with van der Waals surface area (Å²) in [6.07, 6.45) is 2.18. The lowest BCUT2D eigenvalue weighted by Gasteiger charge is -2.33. The van der Waals surface area contributed by atoms with Crippen LogP contribution in [0.3, 0.4) is 0 Å². The molecule has 2 unspecified atom stereocenters. The third-order valence-electron chi connectivity index (χ3n) is 9.19. The Balaban J connectivity index is 1.41. The summed E-state index contributed by atoms with van der Waals surface area (Å²) < 4.78 is 6.68. The van der Waals surface area contributed by atoms with Gasteiger partial charge < -0.3 is 30.3 Å². The van der Waals surface area contributed by atoms with E-state index < -0.39 is 29.1 Å². The minimum Gasteiger partial charge on any atom is -0.396 e. The van der Waals surface area contributed by atoms with Gasteiger partial charge in [-0.05, 0) is 76.3 Å². The molecule has 0 aliphatic carbocycles. The number of aliphatic hydroxyl groups excluding tert-OH is 1. The number of nitrogens with one attached hydrogen (secondary N) is 2. The quantitative estimate of drug-likeness (QED) is 0.342. The summed E-state index contributed by atoms with van der Waals surface area (Å²) >= 11 is 0. The predicted octanol–water partition coefficient (Wildman–Crippen LogP) is 3.32. The number of carbonyl (C=O) groups is 3. The van der Waals surface area contributed by atoms with E-state index in [1.54, 1.807) is 4.90 Å². The number of unbranched alkanes of at least 4 members (excludes halogenated alkanes) is 1. The number of carbonyl (C=O) groups excluding carboxylic acids is 3. The molecule has 2 bridgehead atoms. The number of hydrogen-bond donors (Lipinski definition) is 3. The molecular weight excluding hydrogens is 520 g/mol. The highest BCUT2D eigenvalue weighted by Crippen LogP contribution is 2.63. The van der Waals surface area contributed by atoms with Gasteiger partial charge >= 0.3 is 0 Å². The molecule has 3 saturated heterocycles. The highest BCUT2D eigenvalue weighted by atomic mass is 16.5. The lowest BCUT2D eigenvalue weighted by Crippen LogP contribution is -2.53. The number of hydrogen-bond acceptors (Lipinski definition) is 6. The van der Waals surface area contributed by atoms with Gasteiger partial charge in [-0.3, -0.25) is 14.4 Å². The molecule has 41 heavy (non-hydrogen) atoms. The maximum atomic E-state index is 14.1. The van der Waals surface area contributed by atoms with Gasteiger partial charge in [0.15, 0.2) is 0 Å². The Morgan fingerprint density at radius 2 is 1.73 bits per heavy atom. The molecule has 3 heterocycles. The van der Waals surface area contributed by atoms with Crippen LogP contribution in [-0.2, 0) is 25.7 Å². The van der Waals surface area contributed by atoms with Gasteiger partial charge in [-0.1, -0.05) is 30.3 Å². The van der Waals surface area contributed by atoms with E-state index in [1.807, 2.05) is 61.5 Å². The first-order valence-corrected chi connectivity index (χ1v) is 14.9. The Kier molecular flexibility index (Phi) is 8.38. The first-order valence-electron chi connectivity index (χ1n) is 14.9.